The van der Waals surface area contributed by atoms with Gasteiger partial charge < -0.3 is 9.52 Å². The van der Waals surface area contributed by atoms with Crippen LogP contribution < -0.4 is 0 Å². The molecule has 0 fully saturated rings. The van der Waals surface area contributed by atoms with E-state index in [-0.39, 0.29) is 0 Å². The van der Waals surface area contributed by atoms with Crippen LogP contribution in [0.4, 0.5) is 0 Å². The van der Waals surface area contributed by atoms with Crippen LogP contribution in [0.5, 0.6) is 0 Å². The molecule has 1 atom stereocenters. The van der Waals surface area contributed by atoms with Crippen LogP contribution in [0.15, 0.2) is 41.0 Å². The van der Waals surface area contributed by atoms with E-state index in [1.165, 1.54) is 5.56 Å². The highest BCUT2D eigenvalue weighted by Gasteiger charge is 2.15. The van der Waals surface area contributed by atoms with Gasteiger partial charge in [0.2, 0.25) is 0 Å². The third-order valence-electron chi connectivity index (χ3n) is 3.10. The molecule has 2 heteroatoms. The molecule has 1 unspecified atom stereocenters. The lowest BCUT2D eigenvalue weighted by Crippen LogP contribution is -2.02. The molecule has 1 heterocycles. The highest BCUT2D eigenvalue weighted by atomic mass is 16.3. The topological polar surface area (TPSA) is 33.4 Å². The van der Waals surface area contributed by atoms with Crippen molar-refractivity contribution in [1.82, 2.24) is 0 Å². The molecule has 0 radical (unpaired) electrons. The molecule has 0 aliphatic carbocycles. The van der Waals surface area contributed by atoms with Gasteiger partial charge in [-0.2, -0.15) is 0 Å². The predicted octanol–water partition coefficient (Wildman–Crippen LogP) is 3.87. The Morgan fingerprint density at radius 2 is 2.00 bits per heavy atom. The molecule has 1 N–H and O–H groups in total. The highest BCUT2D eigenvalue weighted by Crippen LogP contribution is 2.26. The number of aliphatic hydroxyl groups is 1. The van der Waals surface area contributed by atoms with Crippen LogP contribution in [0.2, 0.25) is 0 Å². The minimum absolute atomic E-state index is 0.601. The lowest BCUT2D eigenvalue weighted by atomic mass is 9.96. The van der Waals surface area contributed by atoms with Gasteiger partial charge in [0.05, 0.1) is 6.26 Å². The summed E-state index contributed by atoms with van der Waals surface area (Å²) in [5.41, 5.74) is 3.04. The number of rotatable bonds is 4. The van der Waals surface area contributed by atoms with Gasteiger partial charge in [0.25, 0.3) is 0 Å². The fourth-order valence-corrected chi connectivity index (χ4v) is 2.22. The molecule has 2 aromatic rings. The van der Waals surface area contributed by atoms with Gasteiger partial charge in [-0.05, 0) is 36.5 Å². The number of benzene rings is 1. The first kappa shape index (κ1) is 12.9. The lowest BCUT2D eigenvalue weighted by molar-refractivity contribution is 0.218. The minimum atomic E-state index is -0.601. The van der Waals surface area contributed by atoms with Crippen molar-refractivity contribution in [3.8, 4) is 0 Å². The Labute approximate surface area is 108 Å². The van der Waals surface area contributed by atoms with Crippen molar-refractivity contribution in [3.63, 3.8) is 0 Å². The van der Waals surface area contributed by atoms with Crippen molar-refractivity contribution in [2.75, 3.05) is 0 Å². The number of aliphatic hydroxyl groups excluding tert-OH is 1. The first-order valence-electron chi connectivity index (χ1n) is 6.39. The summed E-state index contributed by atoms with van der Waals surface area (Å²) in [7, 11) is 0. The number of hydrogen-bond acceptors (Lipinski definition) is 2. The number of furan rings is 1. The summed E-state index contributed by atoms with van der Waals surface area (Å²) in [5, 5.41) is 10.4. The number of hydrogen-bond donors (Lipinski definition) is 1. The van der Waals surface area contributed by atoms with E-state index >= 15 is 0 Å². The standard InChI is InChI=1S/C16H20O2/c1-11(2)9-13-5-4-6-14(10-13)16(17)15-7-8-18-12(15)3/h4-8,10-11,16-17H,9H2,1-3H3. The third kappa shape index (κ3) is 2.82. The minimum Gasteiger partial charge on any atom is -0.469 e. The van der Waals surface area contributed by atoms with Gasteiger partial charge in [0, 0.05) is 5.56 Å². The maximum atomic E-state index is 10.4. The molecule has 0 bridgehead atoms. The fraction of sp³-hybridized carbons (Fsp3) is 0.375. The van der Waals surface area contributed by atoms with Gasteiger partial charge in [-0.25, -0.2) is 0 Å². The molecule has 1 aromatic heterocycles. The van der Waals surface area contributed by atoms with Gasteiger partial charge in [0.15, 0.2) is 0 Å². The third-order valence-corrected chi connectivity index (χ3v) is 3.10. The van der Waals surface area contributed by atoms with Gasteiger partial charge in [-0.1, -0.05) is 38.1 Å². The molecule has 0 aliphatic rings. The molecule has 0 saturated carbocycles. The summed E-state index contributed by atoms with van der Waals surface area (Å²) in [4.78, 5) is 0. The zero-order valence-corrected chi connectivity index (χ0v) is 11.2. The first-order valence-corrected chi connectivity index (χ1v) is 6.39. The summed E-state index contributed by atoms with van der Waals surface area (Å²) >= 11 is 0. The van der Waals surface area contributed by atoms with Crippen molar-refractivity contribution < 1.29 is 9.52 Å². The van der Waals surface area contributed by atoms with Gasteiger partial charge >= 0.3 is 0 Å². The Morgan fingerprint density at radius 1 is 1.22 bits per heavy atom. The molecule has 2 nitrogen and oxygen atoms in total. The normalized spacial score (nSPS) is 12.9. The fourth-order valence-electron chi connectivity index (χ4n) is 2.22. The summed E-state index contributed by atoms with van der Waals surface area (Å²) in [6.45, 7) is 6.27. The van der Waals surface area contributed by atoms with E-state index < -0.39 is 6.10 Å². The van der Waals surface area contributed by atoms with Gasteiger partial charge in [-0.15, -0.1) is 0 Å². The molecule has 0 aliphatic heterocycles. The molecular formula is C16H20O2. The zero-order valence-electron chi connectivity index (χ0n) is 11.2. The maximum absolute atomic E-state index is 10.4. The lowest BCUT2D eigenvalue weighted by Gasteiger charge is -2.12. The molecular weight excluding hydrogens is 224 g/mol. The summed E-state index contributed by atoms with van der Waals surface area (Å²) < 4.78 is 5.24. The van der Waals surface area contributed by atoms with E-state index in [1.807, 2.05) is 25.1 Å². The van der Waals surface area contributed by atoms with E-state index in [0.29, 0.717) is 5.92 Å². The monoisotopic (exact) mass is 244 g/mol. The second kappa shape index (κ2) is 5.40. The zero-order chi connectivity index (χ0) is 13.1. The maximum Gasteiger partial charge on any atom is 0.107 e. The van der Waals surface area contributed by atoms with Crippen LogP contribution in [0.3, 0.4) is 0 Å². The highest BCUT2D eigenvalue weighted by molar-refractivity contribution is 5.33. The quantitative estimate of drug-likeness (QED) is 0.885. The van der Waals surface area contributed by atoms with Crippen molar-refractivity contribution in [2.45, 2.75) is 33.3 Å². The molecule has 2 rings (SSSR count). The Morgan fingerprint density at radius 3 is 2.61 bits per heavy atom. The largest absolute Gasteiger partial charge is 0.469 e. The van der Waals surface area contributed by atoms with Crippen LogP contribution in [0.25, 0.3) is 0 Å². The van der Waals surface area contributed by atoms with Crippen molar-refractivity contribution in [3.05, 3.63) is 59.0 Å². The summed E-state index contributed by atoms with van der Waals surface area (Å²) in [6, 6.07) is 9.98. The Kier molecular flexibility index (Phi) is 3.87. The van der Waals surface area contributed by atoms with E-state index in [1.54, 1.807) is 6.26 Å². The molecule has 1 aromatic carbocycles. The molecule has 18 heavy (non-hydrogen) atoms. The van der Waals surface area contributed by atoms with Gasteiger partial charge in [-0.3, -0.25) is 0 Å². The van der Waals surface area contributed by atoms with Crippen molar-refractivity contribution in [2.24, 2.45) is 5.92 Å². The van der Waals surface area contributed by atoms with Gasteiger partial charge in [0.1, 0.15) is 11.9 Å². The SMILES string of the molecule is Cc1occc1C(O)c1cccc(CC(C)C)c1. The second-order valence-corrected chi connectivity index (χ2v) is 5.18. The van der Waals surface area contributed by atoms with Crippen LogP contribution in [0.1, 0.15) is 42.4 Å². The number of aryl methyl sites for hydroxylation is 1. The average Bonchev–Trinajstić information content (AvgIpc) is 2.74. The van der Waals surface area contributed by atoms with Crippen LogP contribution in [-0.2, 0) is 6.42 Å². The van der Waals surface area contributed by atoms with Crippen LogP contribution >= 0.6 is 0 Å². The molecule has 0 spiro atoms. The Bertz CT molecular complexity index is 511. The second-order valence-electron chi connectivity index (χ2n) is 5.18. The Hall–Kier alpha value is -1.54. The molecule has 0 saturated heterocycles. The smallest absolute Gasteiger partial charge is 0.107 e. The van der Waals surface area contributed by atoms with Crippen LogP contribution in [-0.4, -0.2) is 5.11 Å². The van der Waals surface area contributed by atoms with E-state index in [4.69, 9.17) is 4.42 Å². The first-order chi connectivity index (χ1) is 8.58. The summed E-state index contributed by atoms with van der Waals surface area (Å²) in [5.74, 6) is 1.39. The molecule has 0 amide bonds. The van der Waals surface area contributed by atoms with E-state index in [0.717, 1.165) is 23.3 Å². The molecule has 96 valence electrons. The van der Waals surface area contributed by atoms with Crippen molar-refractivity contribution in [1.29, 1.82) is 0 Å². The summed E-state index contributed by atoms with van der Waals surface area (Å²) in [6.07, 6.45) is 2.05. The van der Waals surface area contributed by atoms with E-state index in [9.17, 15) is 5.11 Å². The van der Waals surface area contributed by atoms with E-state index in [2.05, 4.69) is 26.0 Å². The Balaban J connectivity index is 2.25. The predicted molar refractivity (Wildman–Crippen MR) is 72.5 cm³/mol. The average molecular weight is 244 g/mol. The van der Waals surface area contributed by atoms with Crippen molar-refractivity contribution >= 4 is 0 Å². The van der Waals surface area contributed by atoms with Crippen LogP contribution in [0, 0.1) is 12.8 Å².